The number of rotatable bonds is 5. The van der Waals surface area contributed by atoms with Gasteiger partial charge >= 0.3 is 6.18 Å². The highest BCUT2D eigenvalue weighted by atomic mass is 19.4. The highest BCUT2D eigenvalue weighted by Gasteiger charge is 2.34. The summed E-state index contributed by atoms with van der Waals surface area (Å²) in [5.41, 5.74) is -0.108. The lowest BCUT2D eigenvalue weighted by atomic mass is 10.1. The fourth-order valence-corrected chi connectivity index (χ4v) is 3.12. The van der Waals surface area contributed by atoms with Crippen molar-refractivity contribution in [3.63, 3.8) is 0 Å². The second kappa shape index (κ2) is 8.00. The molecule has 1 fully saturated rings. The Balaban J connectivity index is 1.57. The third-order valence-electron chi connectivity index (χ3n) is 4.63. The first-order valence-electron chi connectivity index (χ1n) is 8.69. The number of nitrogens with one attached hydrogen (secondary N) is 1. The number of carbonyl (C=O) groups is 2. The van der Waals surface area contributed by atoms with Crippen LogP contribution in [0, 0.1) is 11.7 Å². The van der Waals surface area contributed by atoms with E-state index >= 15 is 0 Å². The van der Waals surface area contributed by atoms with E-state index in [-0.39, 0.29) is 32.0 Å². The molecule has 0 saturated carbocycles. The van der Waals surface area contributed by atoms with Crippen LogP contribution in [0.2, 0.25) is 0 Å². The average molecular weight is 394 g/mol. The SMILES string of the molecule is O=C(NCc1cccc(C(F)(F)F)c1)[C@H]1CC(=O)N(Cc2ccccc2F)C1. The minimum absolute atomic E-state index is 0.0110. The lowest BCUT2D eigenvalue weighted by Crippen LogP contribution is -2.32. The standard InChI is InChI=1S/C20H18F4N2O2/c21-17-7-2-1-5-14(17)11-26-12-15(9-18(26)27)19(28)25-10-13-4-3-6-16(8-13)20(22,23)24/h1-8,15H,9-12H2,(H,25,28)/t15-/m0/s1. The second-order valence-corrected chi connectivity index (χ2v) is 6.68. The van der Waals surface area contributed by atoms with E-state index < -0.39 is 29.4 Å². The van der Waals surface area contributed by atoms with Crippen molar-refractivity contribution in [1.29, 1.82) is 0 Å². The maximum Gasteiger partial charge on any atom is 0.416 e. The van der Waals surface area contributed by atoms with Crippen LogP contribution in [0.15, 0.2) is 48.5 Å². The number of carbonyl (C=O) groups excluding carboxylic acids is 2. The number of alkyl halides is 3. The lowest BCUT2D eigenvalue weighted by molar-refractivity contribution is -0.137. The van der Waals surface area contributed by atoms with E-state index in [4.69, 9.17) is 0 Å². The quantitative estimate of drug-likeness (QED) is 0.789. The van der Waals surface area contributed by atoms with Gasteiger partial charge < -0.3 is 10.2 Å². The zero-order valence-electron chi connectivity index (χ0n) is 14.8. The van der Waals surface area contributed by atoms with Crippen molar-refractivity contribution < 1.29 is 27.2 Å². The molecule has 0 aromatic heterocycles. The van der Waals surface area contributed by atoms with Gasteiger partial charge in [-0.3, -0.25) is 9.59 Å². The Morgan fingerprint density at radius 2 is 1.89 bits per heavy atom. The fourth-order valence-electron chi connectivity index (χ4n) is 3.12. The molecule has 1 aliphatic rings. The molecule has 3 rings (SSSR count). The molecule has 0 spiro atoms. The maximum absolute atomic E-state index is 13.8. The molecule has 2 amide bonds. The molecule has 0 aliphatic carbocycles. The smallest absolute Gasteiger partial charge is 0.352 e. The van der Waals surface area contributed by atoms with E-state index in [0.29, 0.717) is 11.1 Å². The first-order chi connectivity index (χ1) is 13.2. The number of nitrogens with zero attached hydrogens (tertiary/aromatic N) is 1. The van der Waals surface area contributed by atoms with Crippen molar-refractivity contribution in [2.24, 2.45) is 5.92 Å². The van der Waals surface area contributed by atoms with Crippen molar-refractivity contribution in [3.8, 4) is 0 Å². The molecule has 8 heteroatoms. The van der Waals surface area contributed by atoms with Crippen molar-refractivity contribution in [1.82, 2.24) is 10.2 Å². The Kier molecular flexibility index (Phi) is 5.67. The maximum atomic E-state index is 13.8. The van der Waals surface area contributed by atoms with E-state index in [2.05, 4.69) is 5.32 Å². The Bertz CT molecular complexity index is 883. The number of amides is 2. The van der Waals surface area contributed by atoms with E-state index in [0.717, 1.165) is 12.1 Å². The summed E-state index contributed by atoms with van der Waals surface area (Å²) in [5.74, 6) is -1.72. The summed E-state index contributed by atoms with van der Waals surface area (Å²) in [6, 6.07) is 10.8. The summed E-state index contributed by atoms with van der Waals surface area (Å²) in [6.45, 7) is 0.144. The Hall–Kier alpha value is -2.90. The molecule has 0 radical (unpaired) electrons. The highest BCUT2D eigenvalue weighted by Crippen LogP contribution is 2.29. The number of hydrogen-bond acceptors (Lipinski definition) is 2. The summed E-state index contributed by atoms with van der Waals surface area (Å²) in [6.07, 6.45) is -4.46. The average Bonchev–Trinajstić information content (AvgIpc) is 3.02. The van der Waals surface area contributed by atoms with Gasteiger partial charge in [-0.15, -0.1) is 0 Å². The van der Waals surface area contributed by atoms with Crippen LogP contribution in [0.4, 0.5) is 17.6 Å². The molecular formula is C20H18F4N2O2. The van der Waals surface area contributed by atoms with Crippen LogP contribution < -0.4 is 5.32 Å². The largest absolute Gasteiger partial charge is 0.416 e. The van der Waals surface area contributed by atoms with E-state index in [1.807, 2.05) is 0 Å². The zero-order chi connectivity index (χ0) is 20.3. The molecule has 0 unspecified atom stereocenters. The first-order valence-corrected chi connectivity index (χ1v) is 8.69. The van der Waals surface area contributed by atoms with Crippen molar-refractivity contribution in [2.45, 2.75) is 25.7 Å². The van der Waals surface area contributed by atoms with Crippen LogP contribution in [0.1, 0.15) is 23.1 Å². The van der Waals surface area contributed by atoms with Crippen molar-refractivity contribution >= 4 is 11.8 Å². The minimum atomic E-state index is -4.45. The molecule has 0 bridgehead atoms. The van der Waals surface area contributed by atoms with Crippen LogP contribution in [0.25, 0.3) is 0 Å². The molecule has 1 saturated heterocycles. The summed E-state index contributed by atoms with van der Waals surface area (Å²) in [7, 11) is 0. The van der Waals surface area contributed by atoms with Crippen molar-refractivity contribution in [3.05, 3.63) is 71.0 Å². The van der Waals surface area contributed by atoms with Crippen molar-refractivity contribution in [2.75, 3.05) is 6.54 Å². The summed E-state index contributed by atoms with van der Waals surface area (Å²) in [5, 5.41) is 2.58. The van der Waals surface area contributed by atoms with Crippen LogP contribution in [0.3, 0.4) is 0 Å². The molecule has 1 aliphatic heterocycles. The molecule has 148 valence electrons. The number of halogens is 4. The van der Waals surface area contributed by atoms with E-state index in [1.165, 1.54) is 23.1 Å². The topological polar surface area (TPSA) is 49.4 Å². The molecule has 28 heavy (non-hydrogen) atoms. The van der Waals surface area contributed by atoms with E-state index in [9.17, 15) is 27.2 Å². The van der Waals surface area contributed by atoms with Gasteiger partial charge in [0.15, 0.2) is 0 Å². The predicted molar refractivity (Wildman–Crippen MR) is 93.2 cm³/mol. The first kappa shape index (κ1) is 19.9. The Morgan fingerprint density at radius 1 is 1.14 bits per heavy atom. The fraction of sp³-hybridized carbons (Fsp3) is 0.300. The molecule has 2 aromatic rings. The zero-order valence-corrected chi connectivity index (χ0v) is 14.8. The summed E-state index contributed by atoms with van der Waals surface area (Å²) in [4.78, 5) is 25.9. The monoisotopic (exact) mass is 394 g/mol. The van der Waals surface area contributed by atoms with Crippen LogP contribution >= 0.6 is 0 Å². The molecule has 4 nitrogen and oxygen atoms in total. The van der Waals surface area contributed by atoms with Gasteiger partial charge in [-0.1, -0.05) is 30.3 Å². The third-order valence-corrected chi connectivity index (χ3v) is 4.63. The van der Waals surface area contributed by atoms with E-state index in [1.54, 1.807) is 18.2 Å². The predicted octanol–water partition coefficient (Wildman–Crippen LogP) is 3.51. The van der Waals surface area contributed by atoms with Gasteiger partial charge in [-0.2, -0.15) is 13.2 Å². The second-order valence-electron chi connectivity index (χ2n) is 6.68. The van der Waals surface area contributed by atoms with Crippen LogP contribution in [-0.2, 0) is 28.9 Å². The van der Waals surface area contributed by atoms with Gasteiger partial charge in [0.05, 0.1) is 11.5 Å². The minimum Gasteiger partial charge on any atom is -0.352 e. The normalized spacial score (nSPS) is 17.1. The lowest BCUT2D eigenvalue weighted by Gasteiger charge is -2.17. The Labute approximate surface area is 159 Å². The molecular weight excluding hydrogens is 376 g/mol. The van der Waals surface area contributed by atoms with Gasteiger partial charge in [0, 0.05) is 31.6 Å². The Morgan fingerprint density at radius 3 is 2.61 bits per heavy atom. The highest BCUT2D eigenvalue weighted by molar-refractivity contribution is 5.89. The van der Waals surface area contributed by atoms with Gasteiger partial charge in [-0.05, 0) is 23.8 Å². The number of hydrogen-bond donors (Lipinski definition) is 1. The van der Waals surface area contributed by atoms with Gasteiger partial charge in [0.25, 0.3) is 0 Å². The summed E-state index contributed by atoms with van der Waals surface area (Å²) < 4.78 is 52.0. The molecule has 2 aromatic carbocycles. The number of likely N-dealkylation sites (tertiary alicyclic amines) is 1. The van der Waals surface area contributed by atoms with Gasteiger partial charge in [0.2, 0.25) is 11.8 Å². The molecule has 1 heterocycles. The third kappa shape index (κ3) is 4.68. The molecule has 1 atom stereocenters. The van der Waals surface area contributed by atoms with Gasteiger partial charge in [0.1, 0.15) is 5.82 Å². The summed E-state index contributed by atoms with van der Waals surface area (Å²) >= 11 is 0. The van der Waals surface area contributed by atoms with Crippen LogP contribution in [0.5, 0.6) is 0 Å². The van der Waals surface area contributed by atoms with Gasteiger partial charge in [-0.25, -0.2) is 4.39 Å². The number of benzene rings is 2. The van der Waals surface area contributed by atoms with Crippen LogP contribution in [-0.4, -0.2) is 23.3 Å². The molecule has 1 N–H and O–H groups in total.